The lowest BCUT2D eigenvalue weighted by Crippen LogP contribution is -2.21. The first-order valence-corrected chi connectivity index (χ1v) is 7.59. The molecule has 0 bridgehead atoms. The van der Waals surface area contributed by atoms with E-state index in [1.54, 1.807) is 30.7 Å². The first-order valence-electron chi connectivity index (χ1n) is 6.61. The molecule has 8 nitrogen and oxygen atoms in total. The van der Waals surface area contributed by atoms with Gasteiger partial charge in [-0.1, -0.05) is 11.8 Å². The highest BCUT2D eigenvalue weighted by molar-refractivity contribution is 7.98. The molecule has 0 unspecified atom stereocenters. The number of tetrazole rings is 1. The summed E-state index contributed by atoms with van der Waals surface area (Å²) in [5, 5.41) is 12.4. The molecule has 0 fully saturated rings. The molecule has 0 aliphatic carbocycles. The zero-order valence-electron chi connectivity index (χ0n) is 12.6. The van der Waals surface area contributed by atoms with Crippen LogP contribution in [0.15, 0.2) is 17.7 Å². The summed E-state index contributed by atoms with van der Waals surface area (Å²) in [5.74, 6) is 0.753. The molecule has 0 aliphatic rings. The number of nitrogens with zero attached hydrogens (tertiary/aromatic N) is 6. The molecule has 2 aromatic heterocycles. The molecule has 2 aromatic rings. The van der Waals surface area contributed by atoms with Crippen molar-refractivity contribution in [3.05, 3.63) is 18.2 Å². The van der Waals surface area contributed by atoms with E-state index in [1.165, 1.54) is 0 Å². The van der Waals surface area contributed by atoms with Gasteiger partial charge in [0, 0.05) is 37.9 Å². The van der Waals surface area contributed by atoms with Crippen molar-refractivity contribution >= 4 is 11.8 Å². The van der Waals surface area contributed by atoms with Crippen molar-refractivity contribution in [1.82, 2.24) is 29.8 Å². The van der Waals surface area contributed by atoms with Gasteiger partial charge in [-0.3, -0.25) is 0 Å². The minimum atomic E-state index is -0.367. The predicted molar refractivity (Wildman–Crippen MR) is 77.8 cm³/mol. The van der Waals surface area contributed by atoms with Crippen LogP contribution in [0.3, 0.4) is 0 Å². The van der Waals surface area contributed by atoms with E-state index in [9.17, 15) is 0 Å². The fourth-order valence-electron chi connectivity index (χ4n) is 1.85. The molecule has 0 saturated carbocycles. The minimum Gasteiger partial charge on any atom is -0.354 e. The van der Waals surface area contributed by atoms with Crippen LogP contribution in [-0.2, 0) is 21.8 Å². The van der Waals surface area contributed by atoms with E-state index in [4.69, 9.17) is 9.47 Å². The van der Waals surface area contributed by atoms with E-state index < -0.39 is 0 Å². The van der Waals surface area contributed by atoms with E-state index in [2.05, 4.69) is 38.9 Å². The van der Waals surface area contributed by atoms with Crippen molar-refractivity contribution in [2.75, 3.05) is 14.2 Å². The van der Waals surface area contributed by atoms with Crippen LogP contribution in [0.5, 0.6) is 0 Å². The molecule has 21 heavy (non-hydrogen) atoms. The minimum absolute atomic E-state index is 0.367. The third-order valence-electron chi connectivity index (χ3n) is 3.00. The second-order valence-electron chi connectivity index (χ2n) is 4.72. The van der Waals surface area contributed by atoms with Gasteiger partial charge in [0.1, 0.15) is 0 Å². The summed E-state index contributed by atoms with van der Waals surface area (Å²) in [7, 11) is 3.18. The number of thioether (sulfide) groups is 1. The summed E-state index contributed by atoms with van der Waals surface area (Å²) in [6, 6.07) is 0.380. The Labute approximate surface area is 127 Å². The Hall–Kier alpha value is -1.45. The van der Waals surface area contributed by atoms with Gasteiger partial charge < -0.3 is 14.0 Å². The van der Waals surface area contributed by atoms with Gasteiger partial charge in [0.2, 0.25) is 5.16 Å². The molecule has 2 heterocycles. The third kappa shape index (κ3) is 4.02. The zero-order valence-corrected chi connectivity index (χ0v) is 13.4. The predicted octanol–water partition coefficient (Wildman–Crippen LogP) is 1.36. The van der Waals surface area contributed by atoms with Gasteiger partial charge in [-0.05, 0) is 24.3 Å². The second-order valence-corrected chi connectivity index (χ2v) is 5.66. The van der Waals surface area contributed by atoms with Crippen molar-refractivity contribution in [2.24, 2.45) is 0 Å². The van der Waals surface area contributed by atoms with E-state index in [-0.39, 0.29) is 6.29 Å². The fourth-order valence-corrected chi connectivity index (χ4v) is 2.70. The number of aromatic nitrogens is 6. The molecule has 0 saturated heterocycles. The van der Waals surface area contributed by atoms with Gasteiger partial charge >= 0.3 is 0 Å². The van der Waals surface area contributed by atoms with Gasteiger partial charge in [-0.25, -0.2) is 9.67 Å². The summed E-state index contributed by atoms with van der Waals surface area (Å²) >= 11 is 1.56. The summed E-state index contributed by atoms with van der Waals surface area (Å²) in [4.78, 5) is 4.19. The number of methoxy groups -OCH3 is 2. The molecule has 0 aliphatic heterocycles. The summed E-state index contributed by atoms with van der Waals surface area (Å²) in [5.41, 5.74) is 1.14. The van der Waals surface area contributed by atoms with Crippen molar-refractivity contribution < 1.29 is 9.47 Å². The second kappa shape index (κ2) is 7.53. The van der Waals surface area contributed by atoms with Gasteiger partial charge in [-0.15, -0.1) is 5.10 Å². The van der Waals surface area contributed by atoms with Crippen LogP contribution in [0.2, 0.25) is 0 Å². The van der Waals surface area contributed by atoms with Gasteiger partial charge in [0.05, 0.1) is 12.9 Å². The molecule has 0 amide bonds. The Morgan fingerprint density at radius 2 is 2.05 bits per heavy atom. The molecule has 0 N–H and O–H groups in total. The Balaban J connectivity index is 2.01. The molecule has 116 valence electrons. The molecule has 0 spiro atoms. The standard InChI is InChI=1S/C12H20N6O2S/c1-9(2)17-8-13-5-10(17)7-21-12-14-15-16-18(12)6-11(19-3)20-4/h5,8-9,11H,6-7H2,1-4H3. The Bertz CT molecular complexity index is 551. The van der Waals surface area contributed by atoms with Crippen LogP contribution in [0, 0.1) is 0 Å². The number of rotatable bonds is 8. The van der Waals surface area contributed by atoms with Crippen molar-refractivity contribution in [3.8, 4) is 0 Å². The summed E-state index contributed by atoms with van der Waals surface area (Å²) < 4.78 is 14.1. The highest BCUT2D eigenvalue weighted by atomic mass is 32.2. The summed E-state index contributed by atoms with van der Waals surface area (Å²) in [6.07, 6.45) is 3.35. The number of ether oxygens (including phenoxy) is 2. The van der Waals surface area contributed by atoms with Crippen LogP contribution < -0.4 is 0 Å². The van der Waals surface area contributed by atoms with E-state index in [0.29, 0.717) is 12.6 Å². The lowest BCUT2D eigenvalue weighted by Gasteiger charge is -2.14. The smallest absolute Gasteiger partial charge is 0.209 e. The first-order chi connectivity index (χ1) is 10.2. The van der Waals surface area contributed by atoms with Crippen LogP contribution in [-0.4, -0.2) is 50.3 Å². The first kappa shape index (κ1) is 15.9. The monoisotopic (exact) mass is 312 g/mol. The molecule has 0 atom stereocenters. The van der Waals surface area contributed by atoms with Gasteiger partial charge in [-0.2, -0.15) is 0 Å². The fraction of sp³-hybridized carbons (Fsp3) is 0.667. The highest BCUT2D eigenvalue weighted by Gasteiger charge is 2.14. The number of hydrogen-bond acceptors (Lipinski definition) is 7. The maximum Gasteiger partial charge on any atom is 0.209 e. The maximum absolute atomic E-state index is 5.17. The molecular weight excluding hydrogens is 292 g/mol. The van der Waals surface area contributed by atoms with Gasteiger partial charge in [0.15, 0.2) is 6.29 Å². The zero-order chi connectivity index (χ0) is 15.2. The quantitative estimate of drug-likeness (QED) is 0.538. The van der Waals surface area contributed by atoms with Crippen molar-refractivity contribution in [1.29, 1.82) is 0 Å². The Morgan fingerprint density at radius 1 is 1.29 bits per heavy atom. The lowest BCUT2D eigenvalue weighted by molar-refractivity contribution is -0.113. The van der Waals surface area contributed by atoms with Crippen molar-refractivity contribution in [3.63, 3.8) is 0 Å². The lowest BCUT2D eigenvalue weighted by atomic mass is 10.4. The normalized spacial score (nSPS) is 11.7. The van der Waals surface area contributed by atoms with Crippen LogP contribution >= 0.6 is 11.8 Å². The van der Waals surface area contributed by atoms with E-state index in [1.807, 2.05) is 12.5 Å². The Kier molecular flexibility index (Phi) is 5.71. The van der Waals surface area contributed by atoms with Crippen LogP contribution in [0.4, 0.5) is 0 Å². The topological polar surface area (TPSA) is 79.9 Å². The number of hydrogen-bond donors (Lipinski definition) is 0. The average Bonchev–Trinajstić information content (AvgIpc) is 3.11. The maximum atomic E-state index is 5.17. The molecule has 0 aromatic carbocycles. The van der Waals surface area contributed by atoms with Crippen LogP contribution in [0.1, 0.15) is 25.6 Å². The van der Waals surface area contributed by atoms with E-state index in [0.717, 1.165) is 16.6 Å². The largest absolute Gasteiger partial charge is 0.354 e. The molecule has 2 rings (SSSR count). The number of imidazole rings is 1. The van der Waals surface area contributed by atoms with E-state index >= 15 is 0 Å². The van der Waals surface area contributed by atoms with Crippen LogP contribution in [0.25, 0.3) is 0 Å². The third-order valence-corrected chi connectivity index (χ3v) is 3.99. The SMILES string of the molecule is COC(Cn1nnnc1SCc1cncn1C(C)C)OC. The average molecular weight is 312 g/mol. The Morgan fingerprint density at radius 3 is 2.71 bits per heavy atom. The molecule has 9 heteroatoms. The van der Waals surface area contributed by atoms with Crippen molar-refractivity contribution in [2.45, 2.75) is 43.6 Å². The highest BCUT2D eigenvalue weighted by Crippen LogP contribution is 2.21. The molecular formula is C12H20N6O2S. The summed E-state index contributed by atoms with van der Waals surface area (Å²) in [6.45, 7) is 4.70. The molecule has 0 radical (unpaired) electrons. The van der Waals surface area contributed by atoms with Gasteiger partial charge in [0.25, 0.3) is 0 Å².